The predicted octanol–water partition coefficient (Wildman–Crippen LogP) is 3.16. The first-order valence-corrected chi connectivity index (χ1v) is 14.0. The minimum atomic E-state index is -0.662. The number of halogens is 1. The molecule has 0 aromatic heterocycles. The van der Waals surface area contributed by atoms with Crippen LogP contribution in [0.4, 0.5) is 0 Å². The van der Waals surface area contributed by atoms with E-state index in [9.17, 15) is 14.4 Å². The smallest absolute Gasteiger partial charge is 0.311 e. The first-order chi connectivity index (χ1) is 16.2. The number of unbranched alkanes of at least 4 members (excludes halogenated alkanes) is 3. The van der Waals surface area contributed by atoms with Crippen LogP contribution in [0.1, 0.15) is 46.0 Å². The number of likely N-dealkylation sites (tertiary alicyclic amines) is 1. The van der Waals surface area contributed by atoms with Gasteiger partial charge in [-0.3, -0.25) is 14.4 Å². The van der Waals surface area contributed by atoms with Gasteiger partial charge in [-0.1, -0.05) is 47.5 Å². The quantitative estimate of drug-likeness (QED) is 0.162. The molecular weight excluding hydrogens is 520 g/mol. The first kappa shape index (κ1) is 27.3. The molecule has 3 rings (SSSR count). The molecule has 2 amide bonds. The lowest BCUT2D eigenvalue weighted by Gasteiger charge is -2.39. The lowest BCUT2D eigenvalue weighted by Crippen LogP contribution is -2.56. The second kappa shape index (κ2) is 11.6. The third kappa shape index (κ3) is 4.85. The Morgan fingerprint density at radius 3 is 2.62 bits per heavy atom. The molecular formula is C25H37BrN2O5S. The summed E-state index contributed by atoms with van der Waals surface area (Å²) in [6.07, 6.45) is 7.10. The standard InChI is InChI=1S/C25H37BrN2O5S/c1-5-11-27(16(3)4)23(31)21-25-15-17(26)20(34-25)18(24(32)33-14-6-2)19(25)22(30)28(21)12-9-7-8-10-13-29/h5-6,16-21,29H,1-2,7-15H2,3-4H3/t17?,18-,19-,20-,21?,25?/m0/s1. The van der Waals surface area contributed by atoms with E-state index in [0.717, 1.165) is 25.7 Å². The number of rotatable bonds is 13. The summed E-state index contributed by atoms with van der Waals surface area (Å²) in [6, 6.07) is -0.670. The zero-order valence-electron chi connectivity index (χ0n) is 20.2. The molecule has 0 aromatic carbocycles. The average Bonchev–Trinajstić information content (AvgIpc) is 3.38. The van der Waals surface area contributed by atoms with Crippen LogP contribution in [0.5, 0.6) is 0 Å². The molecule has 9 heteroatoms. The van der Waals surface area contributed by atoms with Gasteiger partial charge in [0.25, 0.3) is 0 Å². The van der Waals surface area contributed by atoms with E-state index < -0.39 is 22.6 Å². The molecule has 6 atom stereocenters. The van der Waals surface area contributed by atoms with Gasteiger partial charge in [-0.25, -0.2) is 0 Å². The third-order valence-corrected chi connectivity index (χ3v) is 10.4. The largest absolute Gasteiger partial charge is 0.461 e. The van der Waals surface area contributed by atoms with Crippen LogP contribution in [0, 0.1) is 11.8 Å². The number of fused-ring (bicyclic) bond motifs is 1. The topological polar surface area (TPSA) is 87.1 Å². The number of carbonyl (C=O) groups is 3. The number of hydrogen-bond acceptors (Lipinski definition) is 6. The fourth-order valence-corrected chi connectivity index (χ4v) is 9.35. The molecule has 0 aromatic rings. The third-order valence-electron chi connectivity index (χ3n) is 7.18. The maximum atomic E-state index is 14.0. The van der Waals surface area contributed by atoms with E-state index in [-0.39, 0.29) is 47.1 Å². The van der Waals surface area contributed by atoms with Gasteiger partial charge in [-0.2, -0.15) is 0 Å². The average molecular weight is 558 g/mol. The van der Waals surface area contributed by atoms with Crippen molar-refractivity contribution in [2.75, 3.05) is 26.3 Å². The van der Waals surface area contributed by atoms with Crippen molar-refractivity contribution in [3.05, 3.63) is 25.3 Å². The molecule has 0 saturated carbocycles. The minimum absolute atomic E-state index is 0.0227. The summed E-state index contributed by atoms with van der Waals surface area (Å²) >= 11 is 5.38. The van der Waals surface area contributed by atoms with Gasteiger partial charge < -0.3 is 19.6 Å². The van der Waals surface area contributed by atoms with Crippen LogP contribution < -0.4 is 0 Å². The number of esters is 1. The van der Waals surface area contributed by atoms with Gasteiger partial charge >= 0.3 is 5.97 Å². The van der Waals surface area contributed by atoms with Crippen LogP contribution in [-0.2, 0) is 19.1 Å². The van der Waals surface area contributed by atoms with Gasteiger partial charge in [0, 0.05) is 35.8 Å². The molecule has 2 bridgehead atoms. The number of thioether (sulfide) groups is 1. The normalized spacial score (nSPS) is 31.6. The van der Waals surface area contributed by atoms with Crippen molar-refractivity contribution >= 4 is 45.5 Å². The Morgan fingerprint density at radius 1 is 1.29 bits per heavy atom. The van der Waals surface area contributed by atoms with E-state index in [1.165, 1.54) is 6.08 Å². The summed E-state index contributed by atoms with van der Waals surface area (Å²) < 4.78 is 4.75. The van der Waals surface area contributed by atoms with Crippen molar-refractivity contribution in [1.82, 2.24) is 9.80 Å². The Balaban J connectivity index is 1.97. The molecule has 3 unspecified atom stereocenters. The number of hydrogen-bond donors (Lipinski definition) is 1. The van der Waals surface area contributed by atoms with Crippen molar-refractivity contribution in [1.29, 1.82) is 0 Å². The van der Waals surface area contributed by atoms with Gasteiger partial charge in [0.05, 0.1) is 16.6 Å². The molecule has 1 spiro atoms. The highest BCUT2D eigenvalue weighted by molar-refractivity contribution is 9.09. The number of alkyl halides is 1. The van der Waals surface area contributed by atoms with Gasteiger partial charge in [-0.05, 0) is 33.1 Å². The minimum Gasteiger partial charge on any atom is -0.461 e. The van der Waals surface area contributed by atoms with Crippen molar-refractivity contribution < 1.29 is 24.2 Å². The highest BCUT2D eigenvalue weighted by Crippen LogP contribution is 2.68. The van der Waals surface area contributed by atoms with E-state index in [1.807, 2.05) is 13.8 Å². The molecule has 0 radical (unpaired) electrons. The molecule has 1 N–H and O–H groups in total. The van der Waals surface area contributed by atoms with Crippen LogP contribution in [0.3, 0.4) is 0 Å². The fraction of sp³-hybridized carbons (Fsp3) is 0.720. The molecule has 3 heterocycles. The number of ether oxygens (including phenoxy) is 1. The van der Waals surface area contributed by atoms with Crippen molar-refractivity contribution in [2.24, 2.45) is 11.8 Å². The van der Waals surface area contributed by atoms with Gasteiger partial charge in [0.2, 0.25) is 11.8 Å². The van der Waals surface area contributed by atoms with E-state index in [2.05, 4.69) is 29.1 Å². The van der Waals surface area contributed by atoms with Gasteiger partial charge in [-0.15, -0.1) is 18.3 Å². The Bertz CT molecular complexity index is 808. The maximum absolute atomic E-state index is 14.0. The Morgan fingerprint density at radius 2 is 2.00 bits per heavy atom. The summed E-state index contributed by atoms with van der Waals surface area (Å²) in [4.78, 5) is 44.6. The molecule has 3 saturated heterocycles. The zero-order valence-corrected chi connectivity index (χ0v) is 22.6. The number of nitrogens with zero attached hydrogens (tertiary/aromatic N) is 2. The number of aliphatic hydroxyl groups is 1. The van der Waals surface area contributed by atoms with Crippen LogP contribution in [0.15, 0.2) is 25.3 Å². The molecule has 3 fully saturated rings. The molecule has 0 aliphatic carbocycles. The highest BCUT2D eigenvalue weighted by Gasteiger charge is 2.76. The van der Waals surface area contributed by atoms with E-state index in [0.29, 0.717) is 19.5 Å². The Labute approximate surface area is 215 Å². The summed E-state index contributed by atoms with van der Waals surface area (Å²) in [5, 5.41) is 8.95. The lowest BCUT2D eigenvalue weighted by atomic mass is 9.71. The molecule has 190 valence electrons. The molecule has 3 aliphatic heterocycles. The maximum Gasteiger partial charge on any atom is 0.311 e. The number of carbonyl (C=O) groups excluding carboxylic acids is 3. The van der Waals surface area contributed by atoms with E-state index in [4.69, 9.17) is 9.84 Å². The van der Waals surface area contributed by atoms with Gasteiger partial charge in [0.15, 0.2) is 0 Å². The van der Waals surface area contributed by atoms with Crippen molar-refractivity contribution in [2.45, 2.75) is 72.9 Å². The second-order valence-electron chi connectivity index (χ2n) is 9.62. The SMILES string of the molecule is C=CCOC(=O)[C@H]1[C@H]2C(=O)N(CCCCCCO)C(C(=O)N(CC=C)C(C)C)C23CC(Br)[C@@H]1S3. The number of amides is 2. The zero-order chi connectivity index (χ0) is 25.0. The van der Waals surface area contributed by atoms with Crippen molar-refractivity contribution in [3.63, 3.8) is 0 Å². The molecule has 3 aliphatic rings. The highest BCUT2D eigenvalue weighted by atomic mass is 79.9. The second-order valence-corrected chi connectivity index (χ2v) is 12.3. The summed E-state index contributed by atoms with van der Waals surface area (Å²) in [7, 11) is 0. The lowest BCUT2D eigenvalue weighted by molar-refractivity contribution is -0.153. The monoisotopic (exact) mass is 556 g/mol. The fourth-order valence-electron chi connectivity index (χ4n) is 5.75. The van der Waals surface area contributed by atoms with Crippen molar-refractivity contribution in [3.8, 4) is 0 Å². The van der Waals surface area contributed by atoms with Crippen LogP contribution >= 0.6 is 27.7 Å². The summed E-state index contributed by atoms with van der Waals surface area (Å²) in [5.74, 6) is -1.73. The van der Waals surface area contributed by atoms with Crippen LogP contribution in [0.25, 0.3) is 0 Å². The summed E-state index contributed by atoms with van der Waals surface area (Å²) in [5.41, 5.74) is 0. The molecule has 7 nitrogen and oxygen atoms in total. The Kier molecular flexibility index (Phi) is 9.31. The van der Waals surface area contributed by atoms with Crippen LogP contribution in [0.2, 0.25) is 0 Å². The summed E-state index contributed by atoms with van der Waals surface area (Å²) in [6.45, 7) is 12.5. The Hall–Kier alpha value is -1.32. The first-order valence-electron chi connectivity index (χ1n) is 12.2. The van der Waals surface area contributed by atoms with Crippen LogP contribution in [-0.4, -0.2) is 85.9 Å². The predicted molar refractivity (Wildman–Crippen MR) is 138 cm³/mol. The van der Waals surface area contributed by atoms with E-state index >= 15 is 0 Å². The van der Waals surface area contributed by atoms with Gasteiger partial charge in [0.1, 0.15) is 12.6 Å². The molecule has 34 heavy (non-hydrogen) atoms. The number of aliphatic hydroxyl groups excluding tert-OH is 1. The van der Waals surface area contributed by atoms with E-state index in [1.54, 1.807) is 27.6 Å².